The standard InChI is InChI=1S/C23H27FN/c1-7-17-13-22-19(18(8-2)23(17)24)9-10-21(25(22)6)20-12-14(3)11-15(4)16(20)5/h9-13H,7-8H2,1-6H3/q+1. The Kier molecular flexibility index (Phi) is 4.64. The van der Waals surface area contributed by atoms with Gasteiger partial charge < -0.3 is 0 Å². The van der Waals surface area contributed by atoms with Crippen LogP contribution < -0.4 is 4.57 Å². The summed E-state index contributed by atoms with van der Waals surface area (Å²) in [6.07, 6.45) is 1.42. The van der Waals surface area contributed by atoms with Gasteiger partial charge in [-0.15, -0.1) is 0 Å². The normalized spacial score (nSPS) is 11.3. The fraction of sp³-hybridized carbons (Fsp3) is 0.348. The molecule has 0 saturated heterocycles. The number of hydrogen-bond acceptors (Lipinski definition) is 0. The predicted molar refractivity (Wildman–Crippen MR) is 103 cm³/mol. The van der Waals surface area contributed by atoms with E-state index < -0.39 is 0 Å². The van der Waals surface area contributed by atoms with Gasteiger partial charge in [-0.3, -0.25) is 0 Å². The SMILES string of the molecule is CCc1cc2c(ccc(-c3cc(C)cc(C)c3C)[n+]2C)c(CC)c1F. The number of benzene rings is 2. The molecule has 0 saturated carbocycles. The monoisotopic (exact) mass is 336 g/mol. The van der Waals surface area contributed by atoms with E-state index in [0.717, 1.165) is 22.0 Å². The van der Waals surface area contributed by atoms with Gasteiger partial charge in [-0.1, -0.05) is 25.5 Å². The Labute approximate surface area is 150 Å². The van der Waals surface area contributed by atoms with Crippen LogP contribution in [0.3, 0.4) is 0 Å². The lowest BCUT2D eigenvalue weighted by Crippen LogP contribution is -2.32. The molecular weight excluding hydrogens is 309 g/mol. The van der Waals surface area contributed by atoms with E-state index in [1.54, 1.807) is 0 Å². The highest BCUT2D eigenvalue weighted by Gasteiger charge is 2.21. The largest absolute Gasteiger partial charge is 0.213 e. The second-order valence-corrected chi connectivity index (χ2v) is 7.00. The highest BCUT2D eigenvalue weighted by molar-refractivity contribution is 5.82. The van der Waals surface area contributed by atoms with E-state index in [1.807, 2.05) is 19.9 Å². The third-order valence-corrected chi connectivity index (χ3v) is 5.41. The molecule has 3 rings (SSSR count). The third kappa shape index (κ3) is 2.84. The van der Waals surface area contributed by atoms with Gasteiger partial charge in [-0.05, 0) is 62.4 Å². The van der Waals surface area contributed by atoms with Gasteiger partial charge in [-0.2, -0.15) is 4.57 Å². The number of aromatic nitrogens is 1. The van der Waals surface area contributed by atoms with Crippen LogP contribution in [0.2, 0.25) is 0 Å². The van der Waals surface area contributed by atoms with E-state index in [0.29, 0.717) is 12.8 Å². The minimum absolute atomic E-state index is 0.0344. The molecule has 3 aromatic rings. The van der Waals surface area contributed by atoms with Gasteiger partial charge in [-0.25, -0.2) is 4.39 Å². The molecule has 1 aromatic heterocycles. The van der Waals surface area contributed by atoms with Gasteiger partial charge in [0.2, 0.25) is 11.2 Å². The first-order chi connectivity index (χ1) is 11.9. The highest BCUT2D eigenvalue weighted by atomic mass is 19.1. The van der Waals surface area contributed by atoms with Crippen molar-refractivity contribution < 1.29 is 8.96 Å². The second kappa shape index (κ2) is 6.59. The maximum Gasteiger partial charge on any atom is 0.213 e. The molecule has 25 heavy (non-hydrogen) atoms. The number of rotatable bonds is 3. The number of halogens is 1. The van der Waals surface area contributed by atoms with Crippen LogP contribution in [0.4, 0.5) is 4.39 Å². The van der Waals surface area contributed by atoms with Gasteiger partial charge >= 0.3 is 0 Å². The van der Waals surface area contributed by atoms with Crippen molar-refractivity contribution in [1.29, 1.82) is 0 Å². The molecule has 2 heteroatoms. The van der Waals surface area contributed by atoms with Crippen molar-refractivity contribution in [2.24, 2.45) is 7.05 Å². The van der Waals surface area contributed by atoms with Crippen LogP contribution in [0.25, 0.3) is 22.2 Å². The van der Waals surface area contributed by atoms with E-state index in [1.165, 1.54) is 27.9 Å². The molecule has 0 aliphatic rings. The predicted octanol–water partition coefficient (Wildman–Crippen LogP) is 5.52. The molecule has 0 atom stereocenters. The maximum absolute atomic E-state index is 14.7. The first kappa shape index (κ1) is 17.6. The van der Waals surface area contributed by atoms with E-state index in [4.69, 9.17) is 0 Å². The molecule has 0 unspecified atom stereocenters. The molecular formula is C23H27FN+. The topological polar surface area (TPSA) is 3.88 Å². The average Bonchev–Trinajstić information content (AvgIpc) is 2.58. The number of fused-ring (bicyclic) bond motifs is 1. The van der Waals surface area contributed by atoms with Crippen LogP contribution in [0.5, 0.6) is 0 Å². The Morgan fingerprint density at radius 3 is 2.32 bits per heavy atom. The maximum atomic E-state index is 14.7. The fourth-order valence-corrected chi connectivity index (χ4v) is 3.82. The van der Waals surface area contributed by atoms with Gasteiger partial charge in [0.25, 0.3) is 0 Å². The lowest BCUT2D eigenvalue weighted by molar-refractivity contribution is -0.633. The minimum atomic E-state index is -0.0344. The molecule has 0 aliphatic heterocycles. The molecule has 0 aliphatic carbocycles. The molecule has 0 amide bonds. The van der Waals surface area contributed by atoms with Gasteiger partial charge in [0.05, 0.1) is 5.39 Å². The molecule has 0 N–H and O–H groups in total. The van der Waals surface area contributed by atoms with Crippen molar-refractivity contribution in [1.82, 2.24) is 0 Å². The average molecular weight is 336 g/mol. The van der Waals surface area contributed by atoms with E-state index in [9.17, 15) is 4.39 Å². The summed E-state index contributed by atoms with van der Waals surface area (Å²) in [5.41, 5.74) is 9.02. The summed E-state index contributed by atoms with van der Waals surface area (Å²) in [4.78, 5) is 0. The zero-order valence-corrected chi connectivity index (χ0v) is 16.1. The second-order valence-electron chi connectivity index (χ2n) is 7.00. The summed E-state index contributed by atoms with van der Waals surface area (Å²) in [7, 11) is 2.09. The summed E-state index contributed by atoms with van der Waals surface area (Å²) < 4.78 is 16.9. The summed E-state index contributed by atoms with van der Waals surface area (Å²) in [5, 5.41) is 1.02. The Morgan fingerprint density at radius 1 is 0.960 bits per heavy atom. The number of nitrogens with zero attached hydrogens (tertiary/aromatic N) is 1. The molecule has 0 fully saturated rings. The van der Waals surface area contributed by atoms with Crippen LogP contribution in [-0.4, -0.2) is 0 Å². The molecule has 1 nitrogen and oxygen atoms in total. The molecule has 0 bridgehead atoms. The first-order valence-corrected chi connectivity index (χ1v) is 9.10. The zero-order valence-electron chi connectivity index (χ0n) is 16.1. The lowest BCUT2D eigenvalue weighted by Gasteiger charge is -2.13. The minimum Gasteiger partial charge on any atom is -0.206 e. The summed E-state index contributed by atoms with van der Waals surface area (Å²) in [6, 6.07) is 10.7. The van der Waals surface area contributed by atoms with Crippen molar-refractivity contribution in [2.75, 3.05) is 0 Å². The van der Waals surface area contributed by atoms with Crippen molar-refractivity contribution in [3.05, 3.63) is 64.0 Å². The smallest absolute Gasteiger partial charge is 0.206 e. The number of pyridine rings is 1. The van der Waals surface area contributed by atoms with Gasteiger partial charge in [0.15, 0.2) is 0 Å². The van der Waals surface area contributed by atoms with Crippen LogP contribution in [0.1, 0.15) is 41.7 Å². The van der Waals surface area contributed by atoms with E-state index in [2.05, 4.69) is 56.7 Å². The Morgan fingerprint density at radius 2 is 1.68 bits per heavy atom. The number of aryl methyl sites for hydroxylation is 5. The molecule has 130 valence electrons. The van der Waals surface area contributed by atoms with E-state index >= 15 is 0 Å². The Hall–Kier alpha value is -2.22. The molecule has 0 spiro atoms. The van der Waals surface area contributed by atoms with Crippen molar-refractivity contribution in [3.8, 4) is 11.3 Å². The summed E-state index contributed by atoms with van der Waals surface area (Å²) in [5.74, 6) is -0.0344. The summed E-state index contributed by atoms with van der Waals surface area (Å²) >= 11 is 0. The summed E-state index contributed by atoms with van der Waals surface area (Å²) in [6.45, 7) is 10.5. The molecule has 0 radical (unpaired) electrons. The lowest BCUT2D eigenvalue weighted by atomic mass is 9.95. The number of hydrogen-bond donors (Lipinski definition) is 0. The quantitative estimate of drug-likeness (QED) is 0.554. The van der Waals surface area contributed by atoms with Crippen LogP contribution in [-0.2, 0) is 19.9 Å². The first-order valence-electron chi connectivity index (χ1n) is 9.10. The Balaban J connectivity index is 2.37. The van der Waals surface area contributed by atoms with Gasteiger partial charge in [0, 0.05) is 23.3 Å². The van der Waals surface area contributed by atoms with Crippen LogP contribution >= 0.6 is 0 Å². The zero-order chi connectivity index (χ0) is 18.3. The fourth-order valence-electron chi connectivity index (χ4n) is 3.82. The van der Waals surface area contributed by atoms with Gasteiger partial charge in [0.1, 0.15) is 12.9 Å². The van der Waals surface area contributed by atoms with Crippen LogP contribution in [0, 0.1) is 26.6 Å². The third-order valence-electron chi connectivity index (χ3n) is 5.41. The molecule has 1 heterocycles. The molecule has 2 aromatic carbocycles. The van der Waals surface area contributed by atoms with Crippen molar-refractivity contribution >= 4 is 10.9 Å². The van der Waals surface area contributed by atoms with Crippen molar-refractivity contribution in [3.63, 3.8) is 0 Å². The van der Waals surface area contributed by atoms with Crippen LogP contribution in [0.15, 0.2) is 30.3 Å². The highest BCUT2D eigenvalue weighted by Crippen LogP contribution is 2.29. The Bertz CT molecular complexity index is 970. The van der Waals surface area contributed by atoms with E-state index in [-0.39, 0.29) is 5.82 Å². The van der Waals surface area contributed by atoms with Crippen molar-refractivity contribution in [2.45, 2.75) is 47.5 Å².